The van der Waals surface area contributed by atoms with Crippen molar-refractivity contribution in [2.75, 3.05) is 10.6 Å². The minimum Gasteiger partial charge on any atom is -0.507 e. The average Bonchev–Trinajstić information content (AvgIpc) is 2.92. The molecule has 4 aromatic carbocycles. The fourth-order valence-corrected chi connectivity index (χ4v) is 3.22. The van der Waals surface area contributed by atoms with E-state index >= 15 is 0 Å². The van der Waals surface area contributed by atoms with Crippen molar-refractivity contribution in [1.29, 1.82) is 0 Å². The number of phenols is 2. The van der Waals surface area contributed by atoms with Gasteiger partial charge in [0.05, 0.1) is 12.4 Å². The molecule has 0 atom stereocenters. The van der Waals surface area contributed by atoms with Gasteiger partial charge in [-0.3, -0.25) is 10.9 Å². The average molecular weight is 543 g/mol. The molecule has 10 heteroatoms. The predicted molar refractivity (Wildman–Crippen MR) is 163 cm³/mol. The van der Waals surface area contributed by atoms with Gasteiger partial charge in [0, 0.05) is 22.5 Å². The Kier molecular flexibility index (Phi) is 11.2. The van der Waals surface area contributed by atoms with Crippen LogP contribution in [0.25, 0.3) is 0 Å². The van der Waals surface area contributed by atoms with E-state index in [9.17, 15) is 10.2 Å². The summed E-state index contributed by atoms with van der Waals surface area (Å²) in [7, 11) is 0. The number of hydrogen-bond acceptors (Lipinski definition) is 6. The number of anilines is 2. The molecule has 4 rings (SSSR count). The van der Waals surface area contributed by atoms with E-state index in [0.717, 1.165) is 11.4 Å². The second-order valence-corrected chi connectivity index (χ2v) is 8.31. The predicted octanol–water partition coefficient (Wildman–Crippen LogP) is 5.43. The Labute approximate surface area is 231 Å². The fraction of sp³-hybridized carbons (Fsp3) is 0. The molecule has 0 unspecified atom stereocenters. The fourth-order valence-electron chi connectivity index (χ4n) is 2.88. The van der Waals surface area contributed by atoms with Crippen molar-refractivity contribution in [3.63, 3.8) is 0 Å². The number of rotatable bonds is 6. The first-order chi connectivity index (χ1) is 18.5. The van der Waals surface area contributed by atoms with Crippen LogP contribution in [-0.4, -0.2) is 32.9 Å². The van der Waals surface area contributed by atoms with Crippen molar-refractivity contribution < 1.29 is 10.2 Å². The van der Waals surface area contributed by atoms with Gasteiger partial charge < -0.3 is 20.8 Å². The molecule has 0 aromatic heterocycles. The van der Waals surface area contributed by atoms with Crippen LogP contribution in [0.3, 0.4) is 0 Å². The molecule has 4 aromatic rings. The number of nitrogens with one attached hydrogen (secondary N) is 4. The van der Waals surface area contributed by atoms with E-state index in [4.69, 9.17) is 24.4 Å². The van der Waals surface area contributed by atoms with Crippen LogP contribution in [0.15, 0.2) is 119 Å². The molecule has 0 amide bonds. The maximum absolute atomic E-state index is 9.54. The highest BCUT2D eigenvalue weighted by Crippen LogP contribution is 2.13. The third-order valence-corrected chi connectivity index (χ3v) is 5.06. The van der Waals surface area contributed by atoms with Gasteiger partial charge in [0.1, 0.15) is 11.5 Å². The van der Waals surface area contributed by atoms with Crippen LogP contribution >= 0.6 is 24.4 Å². The van der Waals surface area contributed by atoms with E-state index in [-0.39, 0.29) is 11.5 Å². The van der Waals surface area contributed by atoms with Crippen LogP contribution in [0, 0.1) is 0 Å². The van der Waals surface area contributed by atoms with Crippen LogP contribution in [0.1, 0.15) is 11.1 Å². The van der Waals surface area contributed by atoms with E-state index in [1.165, 1.54) is 12.4 Å². The van der Waals surface area contributed by atoms with E-state index in [1.54, 1.807) is 36.4 Å². The lowest BCUT2D eigenvalue weighted by Crippen LogP contribution is -2.23. The standard InChI is InChI=1S/2C14H13N3OS/c2*18-13-9-5-4-6-11(13)10-15-17-14(19)16-12-7-2-1-3-8-12/h2*1-10,18H,(H2,16,17,19)/b2*15-10+. The zero-order valence-corrected chi connectivity index (χ0v) is 21.8. The number of nitrogens with zero attached hydrogens (tertiary/aromatic N) is 2. The van der Waals surface area contributed by atoms with Gasteiger partial charge in [-0.05, 0) is 73.0 Å². The van der Waals surface area contributed by atoms with Crippen molar-refractivity contribution in [1.82, 2.24) is 10.9 Å². The van der Waals surface area contributed by atoms with Gasteiger partial charge in [0.15, 0.2) is 10.2 Å². The third kappa shape index (κ3) is 10.1. The van der Waals surface area contributed by atoms with Crippen LogP contribution in [0.2, 0.25) is 0 Å². The monoisotopic (exact) mass is 542 g/mol. The Hall–Kier alpha value is -4.80. The van der Waals surface area contributed by atoms with Crippen LogP contribution < -0.4 is 21.5 Å². The Morgan fingerprint density at radius 2 is 0.868 bits per heavy atom. The van der Waals surface area contributed by atoms with Gasteiger partial charge in [-0.15, -0.1) is 0 Å². The SMILES string of the molecule is Oc1ccccc1/C=N/NC(=S)Nc1ccccc1.Oc1ccccc1/C=N/NC(=S)Nc1ccccc1. The summed E-state index contributed by atoms with van der Waals surface area (Å²) < 4.78 is 0. The number of thiocarbonyl (C=S) groups is 2. The van der Waals surface area contributed by atoms with Crippen molar-refractivity contribution in [2.24, 2.45) is 10.2 Å². The van der Waals surface area contributed by atoms with E-state index < -0.39 is 0 Å². The first kappa shape index (κ1) is 27.8. The summed E-state index contributed by atoms with van der Waals surface area (Å²) in [5.41, 5.74) is 8.39. The molecular formula is C28H26N6O2S2. The van der Waals surface area contributed by atoms with Crippen molar-refractivity contribution in [3.8, 4) is 11.5 Å². The summed E-state index contributed by atoms with van der Waals surface area (Å²) in [5.74, 6) is 0.352. The minimum atomic E-state index is 0.176. The van der Waals surface area contributed by atoms with Gasteiger partial charge in [0.25, 0.3) is 0 Å². The quantitative estimate of drug-likeness (QED) is 0.109. The highest BCUT2D eigenvalue weighted by Gasteiger charge is 1.98. The smallest absolute Gasteiger partial charge is 0.191 e. The number of benzene rings is 4. The molecule has 0 saturated carbocycles. The molecule has 0 aliphatic heterocycles. The molecule has 0 fully saturated rings. The topological polar surface area (TPSA) is 113 Å². The van der Waals surface area contributed by atoms with Gasteiger partial charge >= 0.3 is 0 Å². The molecule has 0 aliphatic carbocycles. The van der Waals surface area contributed by atoms with Crippen LogP contribution in [-0.2, 0) is 0 Å². The number of para-hydroxylation sites is 4. The van der Waals surface area contributed by atoms with Crippen molar-refractivity contribution in [2.45, 2.75) is 0 Å². The number of aromatic hydroxyl groups is 2. The molecule has 8 nitrogen and oxygen atoms in total. The van der Waals surface area contributed by atoms with Gasteiger partial charge in [-0.2, -0.15) is 10.2 Å². The first-order valence-electron chi connectivity index (χ1n) is 11.4. The molecule has 38 heavy (non-hydrogen) atoms. The Morgan fingerprint density at radius 1 is 0.526 bits per heavy atom. The largest absolute Gasteiger partial charge is 0.507 e. The minimum absolute atomic E-state index is 0.176. The first-order valence-corrected chi connectivity index (χ1v) is 12.2. The van der Waals surface area contributed by atoms with Crippen molar-refractivity contribution in [3.05, 3.63) is 120 Å². The van der Waals surface area contributed by atoms with E-state index in [1.807, 2.05) is 72.8 Å². The Bertz CT molecular complexity index is 1280. The second kappa shape index (κ2) is 15.3. The molecule has 6 N–H and O–H groups in total. The number of phenolic OH excluding ortho intramolecular Hbond substituents is 2. The molecule has 0 bridgehead atoms. The normalized spacial score (nSPS) is 10.3. The van der Waals surface area contributed by atoms with Gasteiger partial charge in [0.2, 0.25) is 0 Å². The maximum atomic E-state index is 9.54. The molecular weight excluding hydrogens is 516 g/mol. The zero-order chi connectivity index (χ0) is 27.0. The lowest BCUT2D eigenvalue weighted by Gasteiger charge is -2.06. The summed E-state index contributed by atoms with van der Waals surface area (Å²) in [6.07, 6.45) is 3.02. The molecule has 0 aliphatic rings. The van der Waals surface area contributed by atoms with Gasteiger partial charge in [-0.1, -0.05) is 60.7 Å². The summed E-state index contributed by atoms with van der Waals surface area (Å²) in [4.78, 5) is 0. The molecule has 0 radical (unpaired) electrons. The summed E-state index contributed by atoms with van der Waals surface area (Å²) in [6, 6.07) is 33.0. The lowest BCUT2D eigenvalue weighted by molar-refractivity contribution is 0.474. The molecule has 192 valence electrons. The van der Waals surface area contributed by atoms with E-state index in [0.29, 0.717) is 21.4 Å². The maximum Gasteiger partial charge on any atom is 0.191 e. The lowest BCUT2D eigenvalue weighted by atomic mass is 10.2. The van der Waals surface area contributed by atoms with Crippen LogP contribution in [0.5, 0.6) is 11.5 Å². The molecule has 0 heterocycles. The summed E-state index contributed by atoms with van der Waals surface area (Å²) in [6.45, 7) is 0. The Morgan fingerprint density at radius 3 is 1.24 bits per heavy atom. The van der Waals surface area contributed by atoms with Crippen molar-refractivity contribution >= 4 is 58.5 Å². The molecule has 0 spiro atoms. The Balaban J connectivity index is 0.000000211. The zero-order valence-electron chi connectivity index (χ0n) is 20.2. The van der Waals surface area contributed by atoms with Crippen LogP contribution in [0.4, 0.5) is 11.4 Å². The van der Waals surface area contributed by atoms with Gasteiger partial charge in [-0.25, -0.2) is 0 Å². The highest BCUT2D eigenvalue weighted by atomic mass is 32.1. The van der Waals surface area contributed by atoms with E-state index in [2.05, 4.69) is 31.7 Å². The third-order valence-electron chi connectivity index (χ3n) is 4.68. The number of hydrazone groups is 2. The summed E-state index contributed by atoms with van der Waals surface area (Å²) >= 11 is 10.2. The summed E-state index contributed by atoms with van der Waals surface area (Å²) in [5, 5.41) is 33.8. The highest BCUT2D eigenvalue weighted by molar-refractivity contribution is 7.80. The second-order valence-electron chi connectivity index (χ2n) is 7.50. The number of hydrogen-bond donors (Lipinski definition) is 6. The molecule has 0 saturated heterocycles.